The molecule has 0 aliphatic carbocycles. The summed E-state index contributed by atoms with van der Waals surface area (Å²) in [6, 6.07) is 14.1. The van der Waals surface area contributed by atoms with Gasteiger partial charge in [-0.2, -0.15) is 0 Å². The van der Waals surface area contributed by atoms with E-state index in [4.69, 9.17) is 9.47 Å². The molecule has 0 unspecified atom stereocenters. The van der Waals surface area contributed by atoms with E-state index in [0.29, 0.717) is 24.6 Å². The van der Waals surface area contributed by atoms with Crippen LogP contribution < -0.4 is 20.6 Å². The third-order valence-corrected chi connectivity index (χ3v) is 7.49. The first-order chi connectivity index (χ1) is 22.2. The molecule has 0 aliphatic heterocycles. The topological polar surface area (TPSA) is 88.8 Å². The number of pyridine rings is 2. The van der Waals surface area contributed by atoms with Crippen LogP contribution in [0.25, 0.3) is 34.0 Å². The van der Waals surface area contributed by atoms with Crippen LogP contribution in [0.5, 0.6) is 11.5 Å². The van der Waals surface area contributed by atoms with Crippen LogP contribution in [-0.4, -0.2) is 36.6 Å². The molecular formula is C35H37BF2N2O6. The second kappa shape index (κ2) is 15.9. The lowest BCUT2D eigenvalue weighted by Crippen LogP contribution is -2.22. The first-order valence-electron chi connectivity index (χ1n) is 15.2. The minimum Gasteiger partial charge on any atom is -0.505 e. The number of unbranched alkanes of at least 4 members (excludes halogenated alkanes) is 2. The van der Waals surface area contributed by atoms with E-state index in [1.165, 1.54) is 12.2 Å². The minimum atomic E-state index is -3.21. The maximum atomic E-state index is 13.4. The van der Waals surface area contributed by atoms with Crippen LogP contribution in [0.15, 0.2) is 82.1 Å². The molecule has 2 aromatic heterocycles. The number of ketones is 1. The number of allylic oxidation sites excluding steroid dienone is 3. The van der Waals surface area contributed by atoms with Crippen molar-refractivity contribution in [3.05, 3.63) is 104 Å². The molecule has 11 heteroatoms. The first-order valence-corrected chi connectivity index (χ1v) is 15.2. The van der Waals surface area contributed by atoms with Crippen LogP contribution in [0.2, 0.25) is 0 Å². The highest BCUT2D eigenvalue weighted by molar-refractivity contribution is 6.35. The summed E-state index contributed by atoms with van der Waals surface area (Å²) in [5.74, 6) is 0.0860. The van der Waals surface area contributed by atoms with Gasteiger partial charge in [-0.15, -0.1) is 0 Å². The Morgan fingerprint density at radius 2 is 1.24 bits per heavy atom. The summed E-state index contributed by atoms with van der Waals surface area (Å²) in [7, 11) is -0.123. The fourth-order valence-corrected chi connectivity index (χ4v) is 5.10. The molecule has 8 nitrogen and oxygen atoms in total. The van der Waals surface area contributed by atoms with Crippen molar-refractivity contribution in [1.82, 2.24) is 9.13 Å². The van der Waals surface area contributed by atoms with Crippen molar-refractivity contribution >= 4 is 47.2 Å². The van der Waals surface area contributed by atoms with E-state index < -0.39 is 19.0 Å². The van der Waals surface area contributed by atoms with Gasteiger partial charge < -0.3 is 23.3 Å². The van der Waals surface area contributed by atoms with Crippen molar-refractivity contribution in [1.29, 1.82) is 0 Å². The quantitative estimate of drug-likeness (QED) is 0.0606. The minimum absolute atomic E-state index is 0.225. The molecule has 4 rings (SSSR count). The highest BCUT2D eigenvalue weighted by atomic mass is 19.2. The maximum absolute atomic E-state index is 13.4. The molecule has 0 radical (unpaired) electrons. The average molecular weight is 630 g/mol. The Morgan fingerprint density at radius 3 is 1.67 bits per heavy atom. The second-order valence-corrected chi connectivity index (χ2v) is 10.7. The number of halogens is 2. The van der Waals surface area contributed by atoms with E-state index in [9.17, 15) is 23.0 Å². The highest BCUT2D eigenvalue weighted by Gasteiger charge is 2.19. The fourth-order valence-electron chi connectivity index (χ4n) is 5.10. The van der Waals surface area contributed by atoms with Gasteiger partial charge in [0.2, 0.25) is 0 Å². The molecule has 46 heavy (non-hydrogen) atoms. The number of nitrogens with zero attached hydrogens (tertiary/aromatic N) is 2. The second-order valence-electron chi connectivity index (χ2n) is 10.7. The van der Waals surface area contributed by atoms with Gasteiger partial charge in [0.25, 0.3) is 11.1 Å². The van der Waals surface area contributed by atoms with Gasteiger partial charge in [-0.3, -0.25) is 14.4 Å². The molecule has 2 aromatic carbocycles. The molecule has 0 bridgehead atoms. The van der Waals surface area contributed by atoms with Gasteiger partial charge in [-0.25, -0.2) is 8.63 Å². The summed E-state index contributed by atoms with van der Waals surface area (Å²) in [4.78, 5) is 39.6. The first kappa shape index (κ1) is 34.0. The Balaban J connectivity index is 1.70. The number of carbonyl (C=O) groups excluding carboxylic acids is 1. The normalized spacial score (nSPS) is 12.0. The largest absolute Gasteiger partial charge is 0.796 e. The average Bonchev–Trinajstić information content (AvgIpc) is 3.04. The van der Waals surface area contributed by atoms with Crippen molar-refractivity contribution in [2.75, 3.05) is 14.2 Å². The van der Waals surface area contributed by atoms with E-state index >= 15 is 0 Å². The van der Waals surface area contributed by atoms with Gasteiger partial charge in [-0.05, 0) is 85.7 Å². The summed E-state index contributed by atoms with van der Waals surface area (Å²) in [5, 5.41) is 1.48. The Hall–Kier alpha value is -4.93. The van der Waals surface area contributed by atoms with Crippen molar-refractivity contribution < 1.29 is 27.6 Å². The molecular weight excluding hydrogens is 593 g/mol. The summed E-state index contributed by atoms with van der Waals surface area (Å²) in [5.41, 5.74) is 1.35. The standard InChI is InChI=1S/C35H37BF2N2O6/c1-5-7-17-39-32-15-13-29(44-3)21-26(32)19-24(34(39)42)9-11-28(41)23-31(46-36(37)38)12-10-25-20-27-22-30(45-4)14-16-33(27)40(35(25)43)18-8-6-2/h9-16,19-23H,5-8,17-18H2,1-4H3/b11-9+,12-10+,31-23-. The van der Waals surface area contributed by atoms with Crippen molar-refractivity contribution in [3.8, 4) is 11.5 Å². The lowest BCUT2D eigenvalue weighted by atomic mass is 10.1. The van der Waals surface area contributed by atoms with E-state index in [2.05, 4.69) is 4.65 Å². The van der Waals surface area contributed by atoms with Crippen molar-refractivity contribution in [2.45, 2.75) is 52.6 Å². The van der Waals surface area contributed by atoms with Gasteiger partial charge in [0.05, 0.1) is 25.3 Å². The predicted octanol–water partition coefficient (Wildman–Crippen LogP) is 7.05. The summed E-state index contributed by atoms with van der Waals surface area (Å²) in [6.45, 7) is 5.01. The van der Waals surface area contributed by atoms with Gasteiger partial charge in [-0.1, -0.05) is 26.7 Å². The number of methoxy groups -OCH3 is 2. The molecule has 0 fully saturated rings. The number of hydrogen-bond acceptors (Lipinski definition) is 6. The Bertz CT molecular complexity index is 1930. The van der Waals surface area contributed by atoms with Crippen LogP contribution in [-0.2, 0) is 22.5 Å². The van der Waals surface area contributed by atoms with E-state index in [1.54, 1.807) is 65.8 Å². The number of rotatable bonds is 15. The predicted molar refractivity (Wildman–Crippen MR) is 180 cm³/mol. The number of aryl methyl sites for hydroxylation is 2. The van der Waals surface area contributed by atoms with Crippen molar-refractivity contribution in [2.24, 2.45) is 0 Å². The smallest absolute Gasteiger partial charge is 0.505 e. The van der Waals surface area contributed by atoms with E-state index in [0.717, 1.165) is 65.7 Å². The number of ether oxygens (including phenoxy) is 2. The number of carbonyl (C=O) groups is 1. The lowest BCUT2D eigenvalue weighted by Gasteiger charge is -2.12. The Kier molecular flexibility index (Phi) is 11.7. The van der Waals surface area contributed by atoms with Crippen LogP contribution in [0, 0.1) is 0 Å². The Morgan fingerprint density at radius 1 is 0.761 bits per heavy atom. The van der Waals surface area contributed by atoms with E-state index in [1.807, 2.05) is 19.9 Å². The summed E-state index contributed by atoms with van der Waals surface area (Å²) in [6.07, 6.45) is 9.17. The highest BCUT2D eigenvalue weighted by Crippen LogP contribution is 2.23. The monoisotopic (exact) mass is 630 g/mol. The SMILES string of the molecule is CCCCn1c(=O)c(/C=C/C(=O)/C=C(/C=C/c2cc3cc(OC)ccc3n(CCCC)c2=O)OB(F)F)cc2cc(OC)ccc21. The van der Waals surface area contributed by atoms with Gasteiger partial charge in [0, 0.05) is 41.1 Å². The summed E-state index contributed by atoms with van der Waals surface area (Å²) < 4.78 is 45.2. The third-order valence-electron chi connectivity index (χ3n) is 7.49. The number of aromatic nitrogens is 2. The molecule has 0 aliphatic rings. The molecule has 4 aromatic rings. The molecule has 0 spiro atoms. The number of benzene rings is 2. The van der Waals surface area contributed by atoms with Crippen LogP contribution in [0.4, 0.5) is 8.63 Å². The fraction of sp³-hybridized carbons (Fsp3) is 0.286. The maximum Gasteiger partial charge on any atom is 0.796 e. The number of hydrogen-bond donors (Lipinski definition) is 0. The zero-order chi connectivity index (χ0) is 33.2. The zero-order valence-electron chi connectivity index (χ0n) is 26.4. The van der Waals surface area contributed by atoms with Gasteiger partial charge in [0.1, 0.15) is 17.3 Å². The molecule has 0 amide bonds. The Labute approximate surface area is 266 Å². The van der Waals surface area contributed by atoms with Crippen LogP contribution >= 0.6 is 0 Å². The number of fused-ring (bicyclic) bond motifs is 2. The molecule has 2 heterocycles. The molecule has 0 saturated carbocycles. The van der Waals surface area contributed by atoms with Gasteiger partial charge in [0.15, 0.2) is 5.78 Å². The van der Waals surface area contributed by atoms with Gasteiger partial charge >= 0.3 is 7.47 Å². The molecule has 0 saturated heterocycles. The summed E-state index contributed by atoms with van der Waals surface area (Å²) >= 11 is 0. The van der Waals surface area contributed by atoms with Crippen molar-refractivity contribution in [3.63, 3.8) is 0 Å². The molecule has 0 N–H and O–H groups in total. The zero-order valence-corrected chi connectivity index (χ0v) is 26.4. The van der Waals surface area contributed by atoms with E-state index in [-0.39, 0.29) is 22.2 Å². The molecule has 0 atom stereocenters. The third kappa shape index (κ3) is 8.21. The van der Waals surface area contributed by atoms with Crippen LogP contribution in [0.3, 0.4) is 0 Å². The molecule has 240 valence electrons. The lowest BCUT2D eigenvalue weighted by molar-refractivity contribution is -0.110. The van der Waals surface area contributed by atoms with Crippen LogP contribution in [0.1, 0.15) is 50.7 Å².